The first-order valence-corrected chi connectivity index (χ1v) is 5.55. The quantitative estimate of drug-likeness (QED) is 0.847. The Kier molecular flexibility index (Phi) is 3.32. The average Bonchev–Trinajstić information content (AvgIpc) is 2.34. The molecule has 18 heavy (non-hydrogen) atoms. The van der Waals surface area contributed by atoms with E-state index in [1.165, 1.54) is 0 Å². The van der Waals surface area contributed by atoms with Crippen LogP contribution in [0.5, 0.6) is 5.75 Å². The number of aryl methyl sites for hydroxylation is 1. The standard InChI is InChI=1S/C13H14N2O3/c1-8-11(12(16)15-13(17)14-8)7-9-3-5-10(18-2)6-4-9/h3-6H,7H2,1-2H3,(H2,14,15,16,17). The van der Waals surface area contributed by atoms with Gasteiger partial charge in [-0.2, -0.15) is 0 Å². The van der Waals surface area contributed by atoms with Crippen molar-refractivity contribution in [3.8, 4) is 5.75 Å². The van der Waals surface area contributed by atoms with Crippen LogP contribution in [-0.4, -0.2) is 17.1 Å². The number of rotatable bonds is 3. The Morgan fingerprint density at radius 2 is 1.78 bits per heavy atom. The third-order valence-electron chi connectivity index (χ3n) is 2.79. The van der Waals surface area contributed by atoms with Gasteiger partial charge in [-0.05, 0) is 24.6 Å². The summed E-state index contributed by atoms with van der Waals surface area (Å²) in [6, 6.07) is 7.46. The molecular weight excluding hydrogens is 232 g/mol. The van der Waals surface area contributed by atoms with Gasteiger partial charge in [0.2, 0.25) is 0 Å². The predicted octanol–water partition coefficient (Wildman–Crippen LogP) is 0.971. The third-order valence-corrected chi connectivity index (χ3v) is 2.79. The molecule has 1 heterocycles. The maximum atomic E-state index is 11.7. The molecule has 0 bridgehead atoms. The lowest BCUT2D eigenvalue weighted by Gasteiger charge is -2.05. The third kappa shape index (κ3) is 2.51. The summed E-state index contributed by atoms with van der Waals surface area (Å²) in [6.45, 7) is 1.72. The molecule has 2 rings (SSSR count). The number of aromatic nitrogens is 2. The lowest BCUT2D eigenvalue weighted by atomic mass is 10.1. The van der Waals surface area contributed by atoms with Crippen molar-refractivity contribution in [2.75, 3.05) is 7.11 Å². The smallest absolute Gasteiger partial charge is 0.325 e. The molecule has 0 aliphatic carbocycles. The summed E-state index contributed by atoms with van der Waals surface area (Å²) in [5.74, 6) is 0.769. The normalized spacial score (nSPS) is 10.3. The van der Waals surface area contributed by atoms with Crippen LogP contribution in [0.25, 0.3) is 0 Å². The summed E-state index contributed by atoms with van der Waals surface area (Å²) in [5.41, 5.74) is 1.33. The maximum Gasteiger partial charge on any atom is 0.325 e. The number of benzene rings is 1. The van der Waals surface area contributed by atoms with Crippen LogP contribution < -0.4 is 16.0 Å². The van der Waals surface area contributed by atoms with E-state index in [4.69, 9.17) is 4.74 Å². The zero-order chi connectivity index (χ0) is 13.1. The Morgan fingerprint density at radius 1 is 1.11 bits per heavy atom. The highest BCUT2D eigenvalue weighted by Crippen LogP contribution is 2.13. The summed E-state index contributed by atoms with van der Waals surface area (Å²) in [4.78, 5) is 27.6. The minimum atomic E-state index is -0.476. The molecule has 0 saturated heterocycles. The Bertz CT molecular complexity index is 653. The van der Waals surface area contributed by atoms with E-state index in [0.717, 1.165) is 11.3 Å². The number of nitrogens with one attached hydrogen (secondary N) is 2. The molecule has 2 N–H and O–H groups in total. The summed E-state index contributed by atoms with van der Waals surface area (Å²) < 4.78 is 5.07. The largest absolute Gasteiger partial charge is 0.497 e. The van der Waals surface area contributed by atoms with Gasteiger partial charge in [0.1, 0.15) is 5.75 Å². The average molecular weight is 246 g/mol. The van der Waals surface area contributed by atoms with E-state index in [1.54, 1.807) is 14.0 Å². The molecule has 94 valence electrons. The van der Waals surface area contributed by atoms with Crippen molar-refractivity contribution in [1.29, 1.82) is 0 Å². The molecule has 5 nitrogen and oxygen atoms in total. The van der Waals surface area contributed by atoms with Crippen molar-refractivity contribution in [2.24, 2.45) is 0 Å². The molecule has 0 aliphatic heterocycles. The van der Waals surface area contributed by atoms with Crippen LogP contribution in [0, 0.1) is 6.92 Å². The number of H-pyrrole nitrogens is 2. The van der Waals surface area contributed by atoms with Crippen LogP contribution in [0.4, 0.5) is 0 Å². The van der Waals surface area contributed by atoms with Crippen LogP contribution in [0.1, 0.15) is 16.8 Å². The van der Waals surface area contributed by atoms with Crippen LogP contribution in [0.3, 0.4) is 0 Å². The monoisotopic (exact) mass is 246 g/mol. The van der Waals surface area contributed by atoms with Gasteiger partial charge in [-0.3, -0.25) is 9.78 Å². The van der Waals surface area contributed by atoms with Crippen LogP contribution >= 0.6 is 0 Å². The van der Waals surface area contributed by atoms with Gasteiger partial charge < -0.3 is 9.72 Å². The fourth-order valence-electron chi connectivity index (χ4n) is 1.79. The van der Waals surface area contributed by atoms with Crippen molar-refractivity contribution in [1.82, 2.24) is 9.97 Å². The molecule has 0 aliphatic rings. The summed E-state index contributed by atoms with van der Waals surface area (Å²) in [6.07, 6.45) is 0.474. The van der Waals surface area contributed by atoms with Crippen molar-refractivity contribution in [3.63, 3.8) is 0 Å². The van der Waals surface area contributed by atoms with Gasteiger partial charge in [0.25, 0.3) is 5.56 Å². The van der Waals surface area contributed by atoms with E-state index in [2.05, 4.69) is 9.97 Å². The van der Waals surface area contributed by atoms with E-state index in [0.29, 0.717) is 17.7 Å². The lowest BCUT2D eigenvalue weighted by Crippen LogP contribution is -2.27. The fraction of sp³-hybridized carbons (Fsp3) is 0.231. The first kappa shape index (κ1) is 12.2. The topological polar surface area (TPSA) is 75.0 Å². The first-order chi connectivity index (χ1) is 8.60. The van der Waals surface area contributed by atoms with Crippen molar-refractivity contribution < 1.29 is 4.74 Å². The van der Waals surface area contributed by atoms with Gasteiger partial charge in [0.15, 0.2) is 0 Å². The van der Waals surface area contributed by atoms with Gasteiger partial charge >= 0.3 is 5.69 Å². The SMILES string of the molecule is COc1ccc(Cc2c(C)[nH]c(=O)[nH]c2=O)cc1. The number of ether oxygens (including phenoxy) is 1. The highest BCUT2D eigenvalue weighted by atomic mass is 16.5. The zero-order valence-electron chi connectivity index (χ0n) is 10.2. The Morgan fingerprint density at radius 3 is 2.33 bits per heavy atom. The van der Waals surface area contributed by atoms with E-state index in [9.17, 15) is 9.59 Å². The molecule has 0 amide bonds. The number of hydrogen-bond acceptors (Lipinski definition) is 3. The van der Waals surface area contributed by atoms with Crippen molar-refractivity contribution in [3.05, 3.63) is 61.9 Å². The molecule has 5 heteroatoms. The molecule has 0 saturated carbocycles. The molecule has 0 fully saturated rings. The van der Waals surface area contributed by atoms with Gasteiger partial charge in [-0.1, -0.05) is 12.1 Å². The van der Waals surface area contributed by atoms with Crippen LogP contribution in [0.15, 0.2) is 33.9 Å². The summed E-state index contributed by atoms with van der Waals surface area (Å²) >= 11 is 0. The van der Waals surface area contributed by atoms with E-state index in [1.807, 2.05) is 24.3 Å². The van der Waals surface area contributed by atoms with Crippen LogP contribution in [-0.2, 0) is 6.42 Å². The molecule has 0 radical (unpaired) electrons. The fourth-order valence-corrected chi connectivity index (χ4v) is 1.79. The maximum absolute atomic E-state index is 11.7. The minimum absolute atomic E-state index is 0.341. The van der Waals surface area contributed by atoms with E-state index < -0.39 is 5.69 Å². The number of hydrogen-bond donors (Lipinski definition) is 2. The summed E-state index contributed by atoms with van der Waals surface area (Å²) in [5, 5.41) is 0. The van der Waals surface area contributed by atoms with Crippen molar-refractivity contribution in [2.45, 2.75) is 13.3 Å². The zero-order valence-corrected chi connectivity index (χ0v) is 10.2. The second-order valence-corrected chi connectivity index (χ2v) is 4.04. The molecule has 0 spiro atoms. The molecular formula is C13H14N2O3. The molecule has 1 aromatic carbocycles. The minimum Gasteiger partial charge on any atom is -0.497 e. The first-order valence-electron chi connectivity index (χ1n) is 5.55. The van der Waals surface area contributed by atoms with Gasteiger partial charge in [-0.15, -0.1) is 0 Å². The Hall–Kier alpha value is -2.30. The van der Waals surface area contributed by atoms with E-state index in [-0.39, 0.29) is 5.56 Å². The second kappa shape index (κ2) is 4.91. The summed E-state index contributed by atoms with van der Waals surface area (Å²) in [7, 11) is 1.60. The Labute approximate surface area is 103 Å². The highest BCUT2D eigenvalue weighted by molar-refractivity contribution is 5.31. The lowest BCUT2D eigenvalue weighted by molar-refractivity contribution is 0.414. The van der Waals surface area contributed by atoms with Gasteiger partial charge in [0.05, 0.1) is 7.11 Å². The molecule has 0 atom stereocenters. The highest BCUT2D eigenvalue weighted by Gasteiger charge is 2.06. The van der Waals surface area contributed by atoms with E-state index >= 15 is 0 Å². The van der Waals surface area contributed by atoms with Gasteiger partial charge in [0, 0.05) is 17.7 Å². The second-order valence-electron chi connectivity index (χ2n) is 4.04. The number of aromatic amines is 2. The molecule has 0 unspecified atom stereocenters. The Balaban J connectivity index is 2.34. The van der Waals surface area contributed by atoms with Crippen LogP contribution in [0.2, 0.25) is 0 Å². The molecule has 2 aromatic rings. The molecule has 1 aromatic heterocycles. The van der Waals surface area contributed by atoms with Gasteiger partial charge in [-0.25, -0.2) is 4.79 Å². The predicted molar refractivity (Wildman–Crippen MR) is 68.2 cm³/mol. The van der Waals surface area contributed by atoms with Crippen molar-refractivity contribution >= 4 is 0 Å². The number of methoxy groups -OCH3 is 1.